The highest BCUT2D eigenvalue weighted by Gasteiger charge is 2.44. The topological polar surface area (TPSA) is 116 Å². The van der Waals surface area contributed by atoms with Gasteiger partial charge in [0.2, 0.25) is 0 Å². The molecule has 0 aromatic heterocycles. The van der Waals surface area contributed by atoms with E-state index in [2.05, 4.69) is 5.32 Å². The van der Waals surface area contributed by atoms with E-state index in [0.717, 1.165) is 38.2 Å². The second kappa shape index (κ2) is 12.1. The van der Waals surface area contributed by atoms with Crippen molar-refractivity contribution >= 4 is 23.7 Å². The van der Waals surface area contributed by atoms with Crippen LogP contribution in [0, 0.1) is 11.7 Å². The van der Waals surface area contributed by atoms with Crippen LogP contribution in [0.5, 0.6) is 5.75 Å². The number of carbonyl (C=O) groups excluding carboxylic acids is 3. The molecule has 3 amide bonds. The number of benzene rings is 2. The normalized spacial score (nSPS) is 18.6. The third-order valence-corrected chi connectivity index (χ3v) is 7.28. The Morgan fingerprint density at radius 2 is 1.61 bits per heavy atom. The zero-order valence-corrected chi connectivity index (χ0v) is 21.3. The van der Waals surface area contributed by atoms with E-state index in [1.807, 2.05) is 0 Å². The number of methoxy groups -OCH3 is 1. The molecule has 9 nitrogen and oxygen atoms in total. The van der Waals surface area contributed by atoms with Crippen molar-refractivity contribution in [3.8, 4) is 5.75 Å². The van der Waals surface area contributed by atoms with Crippen molar-refractivity contribution < 1.29 is 33.4 Å². The molecule has 4 rings (SSSR count). The molecule has 1 saturated heterocycles. The predicted octanol–water partition coefficient (Wildman–Crippen LogP) is 3.30. The first-order valence-corrected chi connectivity index (χ1v) is 12.8. The SMILES string of the molecule is COc1ccc(C(=O)N2CCN(C(=O)c3cccc(F)c3)C2C(=O)NC(CC(=O)O)C2CCCCC2)cc1. The molecule has 1 heterocycles. The van der Waals surface area contributed by atoms with Crippen LogP contribution < -0.4 is 10.1 Å². The Morgan fingerprint density at radius 1 is 0.974 bits per heavy atom. The van der Waals surface area contributed by atoms with E-state index in [1.54, 1.807) is 24.3 Å². The Kier molecular flexibility index (Phi) is 8.60. The minimum Gasteiger partial charge on any atom is -0.497 e. The van der Waals surface area contributed by atoms with E-state index in [-0.39, 0.29) is 31.0 Å². The average molecular weight is 526 g/mol. The summed E-state index contributed by atoms with van der Waals surface area (Å²) in [6, 6.07) is 10.9. The fraction of sp³-hybridized carbons (Fsp3) is 0.429. The number of halogens is 1. The Hall–Kier alpha value is -3.95. The quantitative estimate of drug-likeness (QED) is 0.546. The number of ether oxygens (including phenoxy) is 1. The third kappa shape index (κ3) is 6.12. The van der Waals surface area contributed by atoms with Gasteiger partial charge < -0.3 is 25.0 Å². The number of nitrogens with one attached hydrogen (secondary N) is 1. The number of hydrogen-bond donors (Lipinski definition) is 2. The Morgan fingerprint density at radius 3 is 2.18 bits per heavy atom. The molecule has 0 radical (unpaired) electrons. The van der Waals surface area contributed by atoms with Crippen molar-refractivity contribution in [1.82, 2.24) is 15.1 Å². The van der Waals surface area contributed by atoms with Crippen LogP contribution in [-0.4, -0.2) is 71.0 Å². The van der Waals surface area contributed by atoms with E-state index in [1.165, 1.54) is 35.1 Å². The lowest BCUT2D eigenvalue weighted by molar-refractivity contribution is -0.138. The Balaban J connectivity index is 1.64. The number of hydrogen-bond acceptors (Lipinski definition) is 5. The van der Waals surface area contributed by atoms with Crippen LogP contribution in [-0.2, 0) is 9.59 Å². The number of nitrogens with zero attached hydrogens (tertiary/aromatic N) is 2. The zero-order valence-electron chi connectivity index (χ0n) is 21.3. The first-order chi connectivity index (χ1) is 18.3. The average Bonchev–Trinajstić information content (AvgIpc) is 3.37. The summed E-state index contributed by atoms with van der Waals surface area (Å²) in [5.41, 5.74) is 0.355. The maximum Gasteiger partial charge on any atom is 0.305 e. The molecule has 10 heteroatoms. The zero-order chi connectivity index (χ0) is 27.2. The summed E-state index contributed by atoms with van der Waals surface area (Å²) >= 11 is 0. The van der Waals surface area contributed by atoms with Gasteiger partial charge in [-0.25, -0.2) is 4.39 Å². The fourth-order valence-electron chi connectivity index (χ4n) is 5.34. The number of aliphatic carboxylic acids is 1. The van der Waals surface area contributed by atoms with E-state index in [4.69, 9.17) is 4.74 Å². The highest BCUT2D eigenvalue weighted by atomic mass is 19.1. The highest BCUT2D eigenvalue weighted by Crippen LogP contribution is 2.29. The molecule has 1 aliphatic heterocycles. The van der Waals surface area contributed by atoms with Gasteiger partial charge in [0.1, 0.15) is 11.6 Å². The van der Waals surface area contributed by atoms with Crippen molar-refractivity contribution in [3.05, 3.63) is 65.5 Å². The lowest BCUT2D eigenvalue weighted by atomic mass is 9.82. The number of carbonyl (C=O) groups is 4. The van der Waals surface area contributed by atoms with Gasteiger partial charge in [0.25, 0.3) is 17.7 Å². The van der Waals surface area contributed by atoms with Gasteiger partial charge in [0.15, 0.2) is 6.17 Å². The Bertz CT molecular complexity index is 1180. The van der Waals surface area contributed by atoms with Crippen LogP contribution in [0.3, 0.4) is 0 Å². The van der Waals surface area contributed by atoms with Crippen molar-refractivity contribution in [3.63, 3.8) is 0 Å². The van der Waals surface area contributed by atoms with Gasteiger partial charge in [-0.3, -0.25) is 19.2 Å². The monoisotopic (exact) mass is 525 g/mol. The predicted molar refractivity (Wildman–Crippen MR) is 136 cm³/mol. The minimum atomic E-state index is -1.32. The number of amides is 3. The summed E-state index contributed by atoms with van der Waals surface area (Å²) in [5, 5.41) is 12.4. The maximum atomic E-state index is 13.9. The van der Waals surface area contributed by atoms with Crippen molar-refractivity contribution in [2.24, 2.45) is 5.92 Å². The smallest absolute Gasteiger partial charge is 0.305 e. The van der Waals surface area contributed by atoms with Crippen LogP contribution in [0.25, 0.3) is 0 Å². The van der Waals surface area contributed by atoms with Crippen LogP contribution in [0.4, 0.5) is 4.39 Å². The molecule has 2 unspecified atom stereocenters. The molecule has 2 aromatic carbocycles. The van der Waals surface area contributed by atoms with Gasteiger partial charge in [-0.15, -0.1) is 0 Å². The first-order valence-electron chi connectivity index (χ1n) is 12.8. The molecule has 2 fully saturated rings. The summed E-state index contributed by atoms with van der Waals surface area (Å²) < 4.78 is 19.0. The largest absolute Gasteiger partial charge is 0.497 e. The molecule has 2 atom stereocenters. The molecule has 0 bridgehead atoms. The second-order valence-corrected chi connectivity index (χ2v) is 9.72. The van der Waals surface area contributed by atoms with Gasteiger partial charge in [-0.2, -0.15) is 0 Å². The summed E-state index contributed by atoms with van der Waals surface area (Å²) in [4.78, 5) is 54.8. The lowest BCUT2D eigenvalue weighted by Crippen LogP contribution is -2.57. The number of rotatable bonds is 8. The standard InChI is InChI=1S/C28H32FN3O6/c1-38-22-12-10-19(11-13-22)27(36)31-14-15-32(28(37)20-8-5-9-21(29)16-20)26(31)25(35)30-23(17-24(33)34)18-6-3-2-4-7-18/h5,8-13,16,18,23,26H,2-4,6-7,14-15,17H2,1H3,(H,30,35)(H,33,34). The molecular formula is C28H32FN3O6. The molecule has 0 spiro atoms. The van der Waals surface area contributed by atoms with E-state index < -0.39 is 41.7 Å². The summed E-state index contributed by atoms with van der Waals surface area (Å²) in [7, 11) is 1.51. The molecule has 2 N–H and O–H groups in total. The molecule has 38 heavy (non-hydrogen) atoms. The maximum absolute atomic E-state index is 13.9. The molecule has 1 aliphatic carbocycles. The Labute approximate surface area is 220 Å². The van der Waals surface area contributed by atoms with Crippen LogP contribution in [0.15, 0.2) is 48.5 Å². The number of carboxylic acid groups (broad SMARTS) is 1. The fourth-order valence-corrected chi connectivity index (χ4v) is 5.34. The number of carboxylic acids is 1. The van der Waals surface area contributed by atoms with E-state index in [0.29, 0.717) is 11.3 Å². The second-order valence-electron chi connectivity index (χ2n) is 9.72. The van der Waals surface area contributed by atoms with Gasteiger partial charge in [0.05, 0.1) is 13.5 Å². The van der Waals surface area contributed by atoms with Crippen LogP contribution >= 0.6 is 0 Å². The van der Waals surface area contributed by atoms with Crippen molar-refractivity contribution in [2.45, 2.75) is 50.7 Å². The summed E-state index contributed by atoms with van der Waals surface area (Å²) in [6.07, 6.45) is 2.98. The van der Waals surface area contributed by atoms with Gasteiger partial charge in [-0.1, -0.05) is 25.3 Å². The molecular weight excluding hydrogens is 493 g/mol. The van der Waals surface area contributed by atoms with Crippen LogP contribution in [0.2, 0.25) is 0 Å². The van der Waals surface area contributed by atoms with Crippen molar-refractivity contribution in [1.29, 1.82) is 0 Å². The molecule has 1 saturated carbocycles. The summed E-state index contributed by atoms with van der Waals surface area (Å²) in [5.74, 6) is -2.78. The molecule has 2 aromatic rings. The van der Waals surface area contributed by atoms with Gasteiger partial charge in [-0.05, 0) is 61.2 Å². The minimum absolute atomic E-state index is 0.0108. The highest BCUT2D eigenvalue weighted by molar-refractivity contribution is 6.02. The first kappa shape index (κ1) is 27.1. The van der Waals surface area contributed by atoms with Gasteiger partial charge in [0, 0.05) is 30.3 Å². The molecule has 2 aliphatic rings. The van der Waals surface area contributed by atoms with E-state index >= 15 is 0 Å². The van der Waals surface area contributed by atoms with Crippen LogP contribution in [0.1, 0.15) is 59.2 Å². The third-order valence-electron chi connectivity index (χ3n) is 7.28. The molecule has 202 valence electrons. The van der Waals surface area contributed by atoms with E-state index in [9.17, 15) is 28.7 Å². The van der Waals surface area contributed by atoms with Crippen molar-refractivity contribution in [2.75, 3.05) is 20.2 Å². The van der Waals surface area contributed by atoms with Gasteiger partial charge >= 0.3 is 5.97 Å². The lowest BCUT2D eigenvalue weighted by Gasteiger charge is -2.34. The summed E-state index contributed by atoms with van der Waals surface area (Å²) in [6.45, 7) is 0.138.